The van der Waals surface area contributed by atoms with Crippen LogP contribution in [0.3, 0.4) is 0 Å². The summed E-state index contributed by atoms with van der Waals surface area (Å²) in [5, 5.41) is 20.9. The lowest BCUT2D eigenvalue weighted by molar-refractivity contribution is -0.141. The number of aliphatic carboxylic acids is 1. The molecule has 100 valence electrons. The van der Waals surface area contributed by atoms with Crippen LogP contribution in [0.15, 0.2) is 12.1 Å². The van der Waals surface area contributed by atoms with Gasteiger partial charge >= 0.3 is 5.97 Å². The largest absolute Gasteiger partial charge is 0.481 e. The summed E-state index contributed by atoms with van der Waals surface area (Å²) >= 11 is 0. The van der Waals surface area contributed by atoms with E-state index >= 15 is 0 Å². The van der Waals surface area contributed by atoms with Gasteiger partial charge in [0, 0.05) is 19.3 Å². The molecule has 1 aromatic heterocycles. The Morgan fingerprint density at radius 3 is 2.50 bits per heavy atom. The number of aliphatic hydroxyl groups is 1. The topological polar surface area (TPSA) is 91.6 Å². The molecule has 6 nitrogen and oxygen atoms in total. The molecule has 1 heterocycles. The minimum absolute atomic E-state index is 0.109. The fraction of sp³-hybridized carbons (Fsp3) is 0.500. The molecule has 0 aliphatic heterocycles. The molecule has 0 aromatic carbocycles. The molecule has 1 rings (SSSR count). The van der Waals surface area contributed by atoms with Crippen molar-refractivity contribution in [2.45, 2.75) is 25.9 Å². The van der Waals surface area contributed by atoms with E-state index in [1.54, 1.807) is 17.7 Å². The summed E-state index contributed by atoms with van der Waals surface area (Å²) < 4.78 is 1.72. The summed E-state index contributed by atoms with van der Waals surface area (Å²) in [6.07, 6.45) is -0.417. The number of carbonyl (C=O) groups excluding carboxylic acids is 1. The second-order valence-electron chi connectivity index (χ2n) is 4.67. The molecule has 18 heavy (non-hydrogen) atoms. The predicted octanol–water partition coefficient (Wildman–Crippen LogP) is 0.289. The first-order valence-electron chi connectivity index (χ1n) is 5.57. The third kappa shape index (κ3) is 3.59. The number of hydrogen-bond donors (Lipinski definition) is 3. The van der Waals surface area contributed by atoms with E-state index in [0.29, 0.717) is 5.69 Å². The molecule has 1 amide bonds. The van der Waals surface area contributed by atoms with Gasteiger partial charge in [-0.05, 0) is 26.0 Å². The molecule has 0 radical (unpaired) electrons. The fourth-order valence-electron chi connectivity index (χ4n) is 1.59. The molecule has 0 saturated carbocycles. The van der Waals surface area contributed by atoms with Crippen LogP contribution in [0.1, 0.15) is 29.5 Å². The highest BCUT2D eigenvalue weighted by Gasteiger charge is 2.25. The third-order valence-electron chi connectivity index (χ3n) is 2.77. The van der Waals surface area contributed by atoms with Gasteiger partial charge in [-0.2, -0.15) is 0 Å². The van der Waals surface area contributed by atoms with Crippen molar-refractivity contribution in [2.75, 3.05) is 6.54 Å². The lowest BCUT2D eigenvalue weighted by Gasteiger charge is -2.21. The van der Waals surface area contributed by atoms with Crippen molar-refractivity contribution in [1.29, 1.82) is 0 Å². The van der Waals surface area contributed by atoms with Crippen LogP contribution in [-0.2, 0) is 11.8 Å². The average Bonchev–Trinajstić information content (AvgIpc) is 2.55. The Balaban J connectivity index is 2.61. The van der Waals surface area contributed by atoms with Gasteiger partial charge in [0.05, 0.1) is 12.0 Å². The summed E-state index contributed by atoms with van der Waals surface area (Å²) in [5.41, 5.74) is -0.0436. The Hall–Kier alpha value is -1.82. The van der Waals surface area contributed by atoms with Gasteiger partial charge in [0.2, 0.25) is 0 Å². The quantitative estimate of drug-likeness (QED) is 0.704. The smallest absolute Gasteiger partial charge is 0.306 e. The first kappa shape index (κ1) is 14.2. The lowest BCUT2D eigenvalue weighted by atomic mass is 10.0. The number of carboxylic acids is 1. The van der Waals surface area contributed by atoms with Crippen LogP contribution in [0.4, 0.5) is 0 Å². The number of amides is 1. The van der Waals surface area contributed by atoms with Gasteiger partial charge in [0.15, 0.2) is 0 Å². The van der Waals surface area contributed by atoms with E-state index in [4.69, 9.17) is 5.11 Å². The van der Waals surface area contributed by atoms with E-state index in [2.05, 4.69) is 5.32 Å². The maximum atomic E-state index is 11.8. The van der Waals surface area contributed by atoms with Crippen molar-refractivity contribution in [1.82, 2.24) is 9.88 Å². The second-order valence-corrected chi connectivity index (χ2v) is 4.67. The van der Waals surface area contributed by atoms with Gasteiger partial charge in [-0.3, -0.25) is 9.59 Å². The highest BCUT2D eigenvalue weighted by atomic mass is 16.4. The zero-order valence-corrected chi connectivity index (χ0v) is 10.7. The summed E-state index contributed by atoms with van der Waals surface area (Å²) in [5.74, 6) is -1.44. The van der Waals surface area contributed by atoms with Crippen LogP contribution in [0.5, 0.6) is 0 Å². The lowest BCUT2D eigenvalue weighted by Crippen LogP contribution is -2.42. The molecule has 1 atom stereocenters. The van der Waals surface area contributed by atoms with E-state index in [-0.39, 0.29) is 12.5 Å². The monoisotopic (exact) mass is 254 g/mol. The molecule has 3 N–H and O–H groups in total. The Morgan fingerprint density at radius 1 is 1.44 bits per heavy atom. The number of nitrogens with zero attached hydrogens (tertiary/aromatic N) is 1. The van der Waals surface area contributed by atoms with Crippen LogP contribution in [-0.4, -0.2) is 38.8 Å². The van der Waals surface area contributed by atoms with Gasteiger partial charge in [0.1, 0.15) is 5.69 Å². The first-order chi connectivity index (χ1) is 8.23. The number of rotatable bonds is 5. The molecular weight excluding hydrogens is 236 g/mol. The molecule has 1 aromatic rings. The maximum absolute atomic E-state index is 11.8. The molecule has 0 spiro atoms. The minimum Gasteiger partial charge on any atom is -0.481 e. The number of carbonyl (C=O) groups is 2. The number of hydrogen-bond acceptors (Lipinski definition) is 3. The summed E-state index contributed by atoms with van der Waals surface area (Å²) in [6, 6.07) is 3.49. The minimum atomic E-state index is -1.46. The molecule has 0 fully saturated rings. The Bertz CT molecular complexity index is 463. The Kier molecular flexibility index (Phi) is 4.13. The van der Waals surface area contributed by atoms with E-state index < -0.39 is 18.0 Å². The van der Waals surface area contributed by atoms with Crippen molar-refractivity contribution in [3.63, 3.8) is 0 Å². The fourth-order valence-corrected chi connectivity index (χ4v) is 1.59. The summed E-state index contributed by atoms with van der Waals surface area (Å²) in [4.78, 5) is 22.3. The van der Waals surface area contributed by atoms with Crippen molar-refractivity contribution < 1.29 is 19.8 Å². The van der Waals surface area contributed by atoms with E-state index in [1.165, 1.54) is 6.92 Å². The maximum Gasteiger partial charge on any atom is 0.306 e. The van der Waals surface area contributed by atoms with Crippen LogP contribution in [0.25, 0.3) is 0 Å². The number of aryl methyl sites for hydroxylation is 1. The van der Waals surface area contributed by atoms with Crippen LogP contribution < -0.4 is 5.32 Å². The molecule has 1 unspecified atom stereocenters. The highest BCUT2D eigenvalue weighted by molar-refractivity contribution is 5.92. The number of nitrogens with one attached hydrogen (secondary N) is 1. The average molecular weight is 254 g/mol. The van der Waals surface area contributed by atoms with Crippen LogP contribution in [0, 0.1) is 6.92 Å². The van der Waals surface area contributed by atoms with E-state index in [0.717, 1.165) is 5.69 Å². The zero-order chi connectivity index (χ0) is 13.9. The summed E-state index contributed by atoms with van der Waals surface area (Å²) in [6.45, 7) is 3.14. The number of carboxylic acid groups (broad SMARTS) is 1. The second kappa shape index (κ2) is 5.22. The zero-order valence-electron chi connectivity index (χ0n) is 10.7. The summed E-state index contributed by atoms with van der Waals surface area (Å²) in [7, 11) is 1.76. The highest BCUT2D eigenvalue weighted by Crippen LogP contribution is 2.09. The van der Waals surface area contributed by atoms with Gasteiger partial charge < -0.3 is 20.1 Å². The number of aromatic nitrogens is 1. The molecule has 6 heteroatoms. The van der Waals surface area contributed by atoms with E-state index in [9.17, 15) is 14.7 Å². The van der Waals surface area contributed by atoms with E-state index in [1.807, 2.05) is 13.0 Å². The Morgan fingerprint density at radius 2 is 2.06 bits per heavy atom. The van der Waals surface area contributed by atoms with Crippen molar-refractivity contribution >= 4 is 11.9 Å². The van der Waals surface area contributed by atoms with Crippen molar-refractivity contribution in [3.8, 4) is 0 Å². The van der Waals surface area contributed by atoms with Gasteiger partial charge in [-0.25, -0.2) is 0 Å². The Labute approximate surface area is 105 Å². The van der Waals surface area contributed by atoms with Crippen LogP contribution in [0.2, 0.25) is 0 Å². The van der Waals surface area contributed by atoms with Gasteiger partial charge in [-0.1, -0.05) is 0 Å². The van der Waals surface area contributed by atoms with Gasteiger partial charge in [0.25, 0.3) is 5.91 Å². The molecule has 0 bridgehead atoms. The molecule has 0 aliphatic rings. The third-order valence-corrected chi connectivity index (χ3v) is 2.77. The van der Waals surface area contributed by atoms with Crippen molar-refractivity contribution in [3.05, 3.63) is 23.5 Å². The SMILES string of the molecule is Cc1ccc(C(=O)NCC(C)(O)CC(=O)O)n1C. The first-order valence-corrected chi connectivity index (χ1v) is 5.57. The normalized spacial score (nSPS) is 14.0. The predicted molar refractivity (Wildman–Crippen MR) is 65.4 cm³/mol. The van der Waals surface area contributed by atoms with Crippen molar-refractivity contribution in [2.24, 2.45) is 7.05 Å². The standard InChI is InChI=1S/C12H18N2O4/c1-8-4-5-9(14(8)3)11(17)13-7-12(2,18)6-10(15)16/h4-5,18H,6-7H2,1-3H3,(H,13,17)(H,15,16). The molecular formula is C12H18N2O4. The molecule has 0 saturated heterocycles. The van der Waals surface area contributed by atoms with Crippen LogP contribution >= 0.6 is 0 Å². The van der Waals surface area contributed by atoms with Gasteiger partial charge in [-0.15, -0.1) is 0 Å². The molecule has 0 aliphatic carbocycles.